The maximum Gasteiger partial charge on any atom is 0.253 e. The number of hydrogen-bond donors (Lipinski definition) is 3. The molecule has 3 heterocycles. The number of piperidine rings is 1. The van der Waals surface area contributed by atoms with Gasteiger partial charge in [0.05, 0.1) is 10.5 Å². The van der Waals surface area contributed by atoms with Gasteiger partial charge in [-0.1, -0.05) is 41.5 Å². The van der Waals surface area contributed by atoms with E-state index in [-0.39, 0.29) is 34.4 Å². The summed E-state index contributed by atoms with van der Waals surface area (Å²) in [5.74, 6) is 0.153. The highest BCUT2D eigenvalue weighted by molar-refractivity contribution is 8.00. The molecular weight excluding hydrogens is 536 g/mol. The summed E-state index contributed by atoms with van der Waals surface area (Å²) >= 11 is 1.85. The Morgan fingerprint density at radius 3 is 2.34 bits per heavy atom. The average molecular weight is 583 g/mol. The molecule has 1 aromatic carbocycles. The summed E-state index contributed by atoms with van der Waals surface area (Å²) in [4.78, 5) is 42.7. The molecule has 0 saturated carbocycles. The van der Waals surface area contributed by atoms with Crippen LogP contribution in [0.25, 0.3) is 10.9 Å². The lowest BCUT2D eigenvalue weighted by atomic mass is 9.88. The molecule has 0 unspecified atom stereocenters. The van der Waals surface area contributed by atoms with E-state index >= 15 is 0 Å². The maximum absolute atomic E-state index is 12.3. The van der Waals surface area contributed by atoms with Crippen LogP contribution in [0.15, 0.2) is 29.3 Å². The molecule has 9 heteroatoms. The molecule has 2 aliphatic rings. The van der Waals surface area contributed by atoms with Crippen molar-refractivity contribution >= 4 is 46.1 Å². The number of fused-ring (bicyclic) bond motifs is 1. The highest BCUT2D eigenvalue weighted by atomic mass is 32.2. The van der Waals surface area contributed by atoms with E-state index < -0.39 is 0 Å². The number of imide groups is 1. The number of benzene rings is 1. The first-order chi connectivity index (χ1) is 19.2. The fraction of sp³-hybridized carbons (Fsp3) is 0.594. The van der Waals surface area contributed by atoms with Crippen molar-refractivity contribution in [3.63, 3.8) is 0 Å². The van der Waals surface area contributed by atoms with Crippen molar-refractivity contribution in [1.82, 2.24) is 15.2 Å². The van der Waals surface area contributed by atoms with Crippen molar-refractivity contribution in [2.24, 2.45) is 11.3 Å². The second kappa shape index (κ2) is 12.5. The zero-order chi connectivity index (χ0) is 29.9. The van der Waals surface area contributed by atoms with E-state index in [9.17, 15) is 19.5 Å². The third kappa shape index (κ3) is 8.09. The van der Waals surface area contributed by atoms with Gasteiger partial charge in [-0.2, -0.15) is 0 Å². The van der Waals surface area contributed by atoms with E-state index in [1.807, 2.05) is 17.8 Å². The summed E-state index contributed by atoms with van der Waals surface area (Å²) in [6.07, 6.45) is 7.14. The highest BCUT2D eigenvalue weighted by Gasteiger charge is 2.28. The number of nitrogens with one attached hydrogen (secondary N) is 2. The van der Waals surface area contributed by atoms with Crippen molar-refractivity contribution < 1.29 is 19.5 Å². The van der Waals surface area contributed by atoms with Gasteiger partial charge in [-0.15, -0.1) is 11.8 Å². The van der Waals surface area contributed by atoms with E-state index in [0.29, 0.717) is 31.1 Å². The monoisotopic (exact) mass is 582 g/mol. The van der Waals surface area contributed by atoms with Crippen LogP contribution in [0, 0.1) is 11.3 Å². The van der Waals surface area contributed by atoms with Gasteiger partial charge in [0.25, 0.3) is 11.8 Å². The normalized spacial score (nSPS) is 16.8. The van der Waals surface area contributed by atoms with Gasteiger partial charge in [0.2, 0.25) is 5.91 Å². The Hall–Kier alpha value is -2.94. The smallest absolute Gasteiger partial charge is 0.253 e. The van der Waals surface area contributed by atoms with Crippen LogP contribution in [0.5, 0.6) is 5.75 Å². The molecule has 4 rings (SSSR count). The Morgan fingerprint density at radius 1 is 1.07 bits per heavy atom. The molecule has 2 aromatic rings. The molecule has 1 saturated heterocycles. The van der Waals surface area contributed by atoms with Gasteiger partial charge in [0.1, 0.15) is 11.4 Å². The molecule has 1 fully saturated rings. The minimum Gasteiger partial charge on any atom is -0.506 e. The minimum atomic E-state index is -0.308. The van der Waals surface area contributed by atoms with Crippen LogP contribution in [0.4, 0.5) is 5.69 Å². The van der Waals surface area contributed by atoms with Crippen LogP contribution < -0.4 is 10.2 Å². The summed E-state index contributed by atoms with van der Waals surface area (Å²) in [6.45, 7) is 16.1. The topological polar surface area (TPSA) is 106 Å². The number of H-pyrrole nitrogens is 1. The Kier molecular flexibility index (Phi) is 9.46. The molecule has 41 heavy (non-hydrogen) atoms. The van der Waals surface area contributed by atoms with Crippen LogP contribution >= 0.6 is 11.8 Å². The van der Waals surface area contributed by atoms with Gasteiger partial charge in [0.15, 0.2) is 0 Å². The lowest BCUT2D eigenvalue weighted by Gasteiger charge is -2.34. The van der Waals surface area contributed by atoms with Crippen LogP contribution in [0.3, 0.4) is 0 Å². The molecule has 8 nitrogen and oxygen atoms in total. The van der Waals surface area contributed by atoms with Crippen LogP contribution in [0.2, 0.25) is 0 Å². The summed E-state index contributed by atoms with van der Waals surface area (Å²) in [5, 5.41) is 16.4. The number of amides is 3. The predicted molar refractivity (Wildman–Crippen MR) is 166 cm³/mol. The zero-order valence-corrected chi connectivity index (χ0v) is 26.2. The molecule has 0 atom stereocenters. The number of phenolic OH excluding ortho intramolecular Hbond substituents is 1. The Balaban J connectivity index is 1.33. The molecule has 0 radical (unpaired) electrons. The number of aromatic amines is 1. The molecule has 3 amide bonds. The largest absolute Gasteiger partial charge is 0.506 e. The minimum absolute atomic E-state index is 0.0483. The molecule has 224 valence electrons. The van der Waals surface area contributed by atoms with E-state index in [1.54, 1.807) is 0 Å². The molecule has 2 aliphatic heterocycles. The molecular formula is C32H46N4O4S. The van der Waals surface area contributed by atoms with E-state index in [1.165, 1.54) is 33.0 Å². The van der Waals surface area contributed by atoms with Gasteiger partial charge in [0, 0.05) is 54.9 Å². The number of rotatable bonds is 10. The number of aromatic hydroxyl groups is 1. The third-order valence-corrected chi connectivity index (χ3v) is 8.77. The fourth-order valence-corrected chi connectivity index (χ4v) is 6.76. The Morgan fingerprint density at radius 2 is 1.73 bits per heavy atom. The van der Waals surface area contributed by atoms with Crippen LogP contribution in [-0.4, -0.2) is 63.6 Å². The number of hydrogen-bond acceptors (Lipinski definition) is 6. The molecule has 0 aliphatic carbocycles. The SMILES string of the molecule is CC(C)(C)Cc1c(SC(C)(C)C)[nH]c2c(N3CCC(CCNC(=O)CCCN4C(=O)C=CC4=O)CC3)c(O)ccc12. The standard InChI is InChI=1S/C32H46N4O4S/c1-31(2,3)20-23-22-9-10-24(37)29(28(22)34-30(23)41-32(4,5)6)35-18-14-21(15-19-35)13-16-33-25(38)8-7-17-36-26(39)11-12-27(36)40/h9-12,21,34,37H,7-8,13-20H2,1-6H3,(H,33,38). The third-order valence-electron chi connectivity index (χ3n) is 7.60. The molecule has 3 N–H and O–H groups in total. The molecule has 1 aromatic heterocycles. The molecule has 0 bridgehead atoms. The second-order valence-corrected chi connectivity index (χ2v) is 15.4. The first kappa shape index (κ1) is 31.0. The van der Waals surface area contributed by atoms with Crippen molar-refractivity contribution in [2.75, 3.05) is 31.1 Å². The van der Waals surface area contributed by atoms with E-state index in [4.69, 9.17) is 0 Å². The number of thioether (sulfide) groups is 1. The average Bonchev–Trinajstić information content (AvgIpc) is 3.36. The van der Waals surface area contributed by atoms with Gasteiger partial charge in [-0.05, 0) is 61.1 Å². The van der Waals surface area contributed by atoms with Gasteiger partial charge in [-0.3, -0.25) is 19.3 Å². The first-order valence-corrected chi connectivity index (χ1v) is 15.6. The lowest BCUT2D eigenvalue weighted by molar-refractivity contribution is -0.137. The van der Waals surface area contributed by atoms with Crippen molar-refractivity contribution in [1.29, 1.82) is 0 Å². The summed E-state index contributed by atoms with van der Waals surface area (Å²) in [6, 6.07) is 3.91. The number of aromatic nitrogens is 1. The summed E-state index contributed by atoms with van der Waals surface area (Å²) in [7, 11) is 0. The number of nitrogens with zero attached hydrogens (tertiary/aromatic N) is 2. The van der Waals surface area contributed by atoms with Crippen molar-refractivity contribution in [2.45, 2.75) is 89.8 Å². The summed E-state index contributed by atoms with van der Waals surface area (Å²) < 4.78 is 0.0624. The quantitative estimate of drug-likeness (QED) is 0.242. The van der Waals surface area contributed by atoms with Gasteiger partial charge < -0.3 is 20.3 Å². The van der Waals surface area contributed by atoms with Crippen LogP contribution in [-0.2, 0) is 20.8 Å². The van der Waals surface area contributed by atoms with E-state index in [0.717, 1.165) is 50.0 Å². The van der Waals surface area contributed by atoms with Gasteiger partial charge in [-0.25, -0.2) is 0 Å². The predicted octanol–water partition coefficient (Wildman–Crippen LogP) is 5.78. The lowest BCUT2D eigenvalue weighted by Crippen LogP contribution is -2.35. The highest BCUT2D eigenvalue weighted by Crippen LogP contribution is 2.45. The Bertz CT molecular complexity index is 1290. The summed E-state index contributed by atoms with van der Waals surface area (Å²) in [5.41, 5.74) is 3.39. The van der Waals surface area contributed by atoms with Crippen molar-refractivity contribution in [3.8, 4) is 5.75 Å². The Labute approximate surface area is 248 Å². The van der Waals surface area contributed by atoms with E-state index in [2.05, 4.69) is 62.8 Å². The van der Waals surface area contributed by atoms with Crippen molar-refractivity contribution in [3.05, 3.63) is 29.8 Å². The molecule has 0 spiro atoms. The number of phenols is 1. The number of anilines is 1. The number of carbonyl (C=O) groups is 3. The van der Waals surface area contributed by atoms with Crippen LogP contribution in [0.1, 0.15) is 79.2 Å². The second-order valence-electron chi connectivity index (χ2n) is 13.6. The maximum atomic E-state index is 12.3. The first-order valence-electron chi connectivity index (χ1n) is 14.8. The fourth-order valence-electron chi connectivity index (χ4n) is 5.69. The zero-order valence-electron chi connectivity index (χ0n) is 25.4. The van der Waals surface area contributed by atoms with Gasteiger partial charge >= 0.3 is 0 Å². The number of carbonyl (C=O) groups excluding carboxylic acids is 3.